The number of ether oxygens (including phenoxy) is 1. The Morgan fingerprint density at radius 2 is 2.06 bits per heavy atom. The Morgan fingerprint density at radius 1 is 1.26 bits per heavy atom. The van der Waals surface area contributed by atoms with E-state index < -0.39 is 0 Å². The summed E-state index contributed by atoms with van der Waals surface area (Å²) in [6.45, 7) is 5.65. The number of H-pyrrole nitrogens is 1. The standard InChI is InChI=1S/C25H30N4O2/c1-17-5-4-6-22(18(17)2)23(24-14-26-16-27-24)13-19-7-9-20(10-8-19)28-25(30)29(3)21-11-12-31-15-21/h4-10,14,16,21,23H,11-13,15H2,1-3H3,(H,26,27)(H,28,30). The van der Waals surface area contributed by atoms with Gasteiger partial charge in [0, 0.05) is 37.2 Å². The fourth-order valence-electron chi connectivity index (χ4n) is 4.16. The molecule has 3 aromatic rings. The molecule has 4 rings (SSSR count). The quantitative estimate of drug-likeness (QED) is 0.612. The first kappa shape index (κ1) is 21.1. The predicted octanol–water partition coefficient (Wildman–Crippen LogP) is 4.65. The first-order valence-electron chi connectivity index (χ1n) is 10.8. The Balaban J connectivity index is 1.48. The highest BCUT2D eigenvalue weighted by Crippen LogP contribution is 2.31. The summed E-state index contributed by atoms with van der Waals surface area (Å²) in [7, 11) is 1.82. The van der Waals surface area contributed by atoms with E-state index in [1.807, 2.05) is 25.4 Å². The summed E-state index contributed by atoms with van der Waals surface area (Å²) in [6.07, 6.45) is 5.37. The van der Waals surface area contributed by atoms with Crippen LogP contribution in [0, 0.1) is 13.8 Å². The number of rotatable bonds is 6. The summed E-state index contributed by atoms with van der Waals surface area (Å²) in [5.41, 5.74) is 7.01. The molecular weight excluding hydrogens is 388 g/mol. The summed E-state index contributed by atoms with van der Waals surface area (Å²) < 4.78 is 5.39. The third kappa shape index (κ3) is 4.80. The van der Waals surface area contributed by atoms with Crippen LogP contribution >= 0.6 is 0 Å². The second-order valence-electron chi connectivity index (χ2n) is 8.31. The zero-order valence-corrected chi connectivity index (χ0v) is 18.4. The summed E-state index contributed by atoms with van der Waals surface area (Å²) in [5, 5.41) is 2.99. The Hall–Kier alpha value is -3.12. The number of anilines is 1. The van der Waals surface area contributed by atoms with E-state index in [2.05, 4.69) is 59.5 Å². The van der Waals surface area contributed by atoms with Gasteiger partial charge in [-0.2, -0.15) is 0 Å². The van der Waals surface area contributed by atoms with Crippen LogP contribution in [-0.2, 0) is 11.2 Å². The molecule has 2 N–H and O–H groups in total. The topological polar surface area (TPSA) is 70.2 Å². The average molecular weight is 419 g/mol. The van der Waals surface area contributed by atoms with Gasteiger partial charge in [-0.3, -0.25) is 0 Å². The number of urea groups is 1. The fraction of sp³-hybridized carbons (Fsp3) is 0.360. The smallest absolute Gasteiger partial charge is 0.321 e. The molecule has 2 amide bonds. The van der Waals surface area contributed by atoms with Gasteiger partial charge in [-0.05, 0) is 61.1 Å². The van der Waals surface area contributed by atoms with E-state index in [1.165, 1.54) is 22.3 Å². The number of aryl methyl sites for hydroxylation is 1. The zero-order valence-electron chi connectivity index (χ0n) is 18.4. The minimum absolute atomic E-state index is 0.103. The molecular formula is C25H30N4O2. The van der Waals surface area contributed by atoms with Crippen molar-refractivity contribution >= 4 is 11.7 Å². The van der Waals surface area contributed by atoms with Crippen molar-refractivity contribution < 1.29 is 9.53 Å². The third-order valence-corrected chi connectivity index (χ3v) is 6.34. The molecule has 0 spiro atoms. The number of nitrogens with zero attached hydrogens (tertiary/aromatic N) is 2. The van der Waals surface area contributed by atoms with Gasteiger partial charge in [0.2, 0.25) is 0 Å². The van der Waals surface area contributed by atoms with Crippen molar-refractivity contribution in [3.63, 3.8) is 0 Å². The average Bonchev–Trinajstić information content (AvgIpc) is 3.49. The molecule has 1 aliphatic heterocycles. The van der Waals surface area contributed by atoms with Gasteiger partial charge in [-0.25, -0.2) is 9.78 Å². The monoisotopic (exact) mass is 418 g/mol. The number of likely N-dealkylation sites (N-methyl/N-ethyl adjacent to an activating group) is 1. The van der Waals surface area contributed by atoms with Crippen LogP contribution in [0.5, 0.6) is 0 Å². The molecule has 2 heterocycles. The molecule has 1 fully saturated rings. The maximum absolute atomic E-state index is 12.5. The number of aromatic amines is 1. The van der Waals surface area contributed by atoms with E-state index in [0.29, 0.717) is 6.61 Å². The van der Waals surface area contributed by atoms with Crippen LogP contribution in [0.4, 0.5) is 10.5 Å². The summed E-state index contributed by atoms with van der Waals surface area (Å²) >= 11 is 0. The van der Waals surface area contributed by atoms with Crippen LogP contribution in [0.2, 0.25) is 0 Å². The molecule has 0 bridgehead atoms. The van der Waals surface area contributed by atoms with Crippen molar-refractivity contribution in [3.05, 3.63) is 82.9 Å². The highest BCUT2D eigenvalue weighted by Gasteiger charge is 2.24. The van der Waals surface area contributed by atoms with E-state index in [-0.39, 0.29) is 18.0 Å². The molecule has 1 saturated heterocycles. The van der Waals surface area contributed by atoms with E-state index in [9.17, 15) is 4.79 Å². The van der Waals surface area contributed by atoms with Crippen molar-refractivity contribution in [2.24, 2.45) is 0 Å². The molecule has 31 heavy (non-hydrogen) atoms. The lowest BCUT2D eigenvalue weighted by Gasteiger charge is -2.23. The first-order valence-corrected chi connectivity index (χ1v) is 10.8. The Morgan fingerprint density at radius 3 is 2.74 bits per heavy atom. The van der Waals surface area contributed by atoms with Crippen LogP contribution in [0.3, 0.4) is 0 Å². The van der Waals surface area contributed by atoms with Crippen molar-refractivity contribution in [2.75, 3.05) is 25.6 Å². The van der Waals surface area contributed by atoms with Gasteiger partial charge in [-0.1, -0.05) is 30.3 Å². The molecule has 2 unspecified atom stereocenters. The maximum Gasteiger partial charge on any atom is 0.321 e. The normalized spacial score (nSPS) is 16.8. The van der Waals surface area contributed by atoms with Crippen LogP contribution in [0.25, 0.3) is 0 Å². The van der Waals surface area contributed by atoms with Gasteiger partial charge in [-0.15, -0.1) is 0 Å². The highest BCUT2D eigenvalue weighted by molar-refractivity contribution is 5.89. The Kier molecular flexibility index (Phi) is 6.37. The number of hydrogen-bond donors (Lipinski definition) is 2. The predicted molar refractivity (Wildman–Crippen MR) is 122 cm³/mol. The molecule has 0 aliphatic carbocycles. The number of hydrogen-bond acceptors (Lipinski definition) is 3. The number of aromatic nitrogens is 2. The minimum Gasteiger partial charge on any atom is -0.379 e. The van der Waals surface area contributed by atoms with Gasteiger partial charge >= 0.3 is 6.03 Å². The molecule has 0 saturated carbocycles. The number of benzene rings is 2. The molecule has 6 nitrogen and oxygen atoms in total. The number of carbonyl (C=O) groups is 1. The highest BCUT2D eigenvalue weighted by atomic mass is 16.5. The molecule has 0 radical (unpaired) electrons. The largest absolute Gasteiger partial charge is 0.379 e. The van der Waals surface area contributed by atoms with E-state index in [0.717, 1.165) is 30.8 Å². The molecule has 2 aromatic carbocycles. The van der Waals surface area contributed by atoms with Gasteiger partial charge in [0.1, 0.15) is 0 Å². The van der Waals surface area contributed by atoms with Crippen LogP contribution in [0.1, 0.15) is 40.3 Å². The lowest BCUT2D eigenvalue weighted by Crippen LogP contribution is -2.40. The second-order valence-corrected chi connectivity index (χ2v) is 8.31. The lowest BCUT2D eigenvalue weighted by atomic mass is 9.85. The zero-order chi connectivity index (χ0) is 21.8. The van der Waals surface area contributed by atoms with Crippen LogP contribution in [0.15, 0.2) is 55.0 Å². The number of amides is 2. The van der Waals surface area contributed by atoms with Crippen LogP contribution in [-0.4, -0.2) is 47.2 Å². The van der Waals surface area contributed by atoms with Crippen molar-refractivity contribution in [2.45, 2.75) is 38.6 Å². The molecule has 2 atom stereocenters. The number of nitrogens with one attached hydrogen (secondary N) is 2. The third-order valence-electron chi connectivity index (χ3n) is 6.34. The fourth-order valence-corrected chi connectivity index (χ4v) is 4.16. The lowest BCUT2D eigenvalue weighted by molar-refractivity contribution is 0.164. The van der Waals surface area contributed by atoms with Crippen molar-refractivity contribution in [1.82, 2.24) is 14.9 Å². The van der Waals surface area contributed by atoms with Crippen molar-refractivity contribution in [3.8, 4) is 0 Å². The van der Waals surface area contributed by atoms with Gasteiger partial charge in [0.15, 0.2) is 0 Å². The van der Waals surface area contributed by atoms with E-state index in [4.69, 9.17) is 4.74 Å². The summed E-state index contributed by atoms with van der Waals surface area (Å²) in [4.78, 5) is 21.8. The Bertz CT molecular complexity index is 1010. The van der Waals surface area contributed by atoms with Gasteiger partial charge in [0.05, 0.1) is 19.0 Å². The van der Waals surface area contributed by atoms with Crippen molar-refractivity contribution in [1.29, 1.82) is 0 Å². The molecule has 162 valence electrons. The molecule has 1 aliphatic rings. The number of imidazole rings is 1. The summed E-state index contributed by atoms with van der Waals surface area (Å²) in [5.74, 6) is 0.191. The summed E-state index contributed by atoms with van der Waals surface area (Å²) in [6, 6.07) is 14.6. The Labute approximate surface area is 183 Å². The van der Waals surface area contributed by atoms with Crippen LogP contribution < -0.4 is 5.32 Å². The SMILES string of the molecule is Cc1cccc(C(Cc2ccc(NC(=O)N(C)C3CCOC3)cc2)c2cnc[nH]2)c1C. The van der Waals surface area contributed by atoms with Gasteiger partial charge in [0.25, 0.3) is 0 Å². The molecule has 6 heteroatoms. The van der Waals surface area contributed by atoms with E-state index >= 15 is 0 Å². The molecule has 1 aromatic heterocycles. The second kappa shape index (κ2) is 9.35. The number of carbonyl (C=O) groups excluding carboxylic acids is 1. The minimum atomic E-state index is -0.103. The maximum atomic E-state index is 12.5. The van der Waals surface area contributed by atoms with E-state index in [1.54, 1.807) is 11.2 Å². The van der Waals surface area contributed by atoms with Gasteiger partial charge < -0.3 is 19.9 Å². The first-order chi connectivity index (χ1) is 15.0.